The molecule has 1 aromatic heterocycles. The minimum atomic E-state index is -0.155. The summed E-state index contributed by atoms with van der Waals surface area (Å²) in [5, 5.41) is 9.98. The Kier molecular flexibility index (Phi) is 5.14. The van der Waals surface area contributed by atoms with Gasteiger partial charge in [-0.3, -0.25) is 9.89 Å². The Morgan fingerprint density at radius 2 is 2.00 bits per heavy atom. The smallest absolute Gasteiger partial charge is 0.233 e. The number of H-pyrrole nitrogens is 1. The number of nitrogens with one attached hydrogen (secondary N) is 2. The maximum atomic E-state index is 12.6. The zero-order valence-corrected chi connectivity index (χ0v) is 12.9. The molecule has 0 saturated carbocycles. The predicted molar refractivity (Wildman–Crippen MR) is 85.2 cm³/mol. The van der Waals surface area contributed by atoms with Crippen LogP contribution in [0.1, 0.15) is 44.4 Å². The molecule has 4 nitrogen and oxygen atoms in total. The number of hydrogen-bond acceptors (Lipinski definition) is 2. The van der Waals surface area contributed by atoms with Crippen molar-refractivity contribution in [3.8, 4) is 0 Å². The molecule has 2 unspecified atom stereocenters. The van der Waals surface area contributed by atoms with Crippen molar-refractivity contribution in [2.45, 2.75) is 39.5 Å². The fourth-order valence-corrected chi connectivity index (χ4v) is 2.45. The van der Waals surface area contributed by atoms with Crippen molar-refractivity contribution in [2.75, 3.05) is 5.32 Å². The van der Waals surface area contributed by atoms with Gasteiger partial charge in [0.15, 0.2) is 5.82 Å². The Morgan fingerprint density at radius 3 is 2.57 bits per heavy atom. The number of rotatable bonds is 6. The largest absolute Gasteiger partial charge is 0.309 e. The lowest BCUT2D eigenvalue weighted by molar-refractivity contribution is -0.118. The molecule has 2 N–H and O–H groups in total. The highest BCUT2D eigenvalue weighted by molar-refractivity contribution is 5.95. The van der Waals surface area contributed by atoms with Crippen LogP contribution in [0.5, 0.6) is 0 Å². The van der Waals surface area contributed by atoms with Crippen LogP contribution in [0, 0.1) is 5.92 Å². The van der Waals surface area contributed by atoms with Crippen LogP contribution in [0.2, 0.25) is 0 Å². The van der Waals surface area contributed by atoms with E-state index in [1.54, 1.807) is 0 Å². The van der Waals surface area contributed by atoms with Crippen LogP contribution < -0.4 is 5.32 Å². The molecule has 0 spiro atoms. The quantitative estimate of drug-likeness (QED) is 0.849. The second-order valence-corrected chi connectivity index (χ2v) is 5.40. The molecule has 4 heteroatoms. The van der Waals surface area contributed by atoms with E-state index in [4.69, 9.17) is 0 Å². The van der Waals surface area contributed by atoms with Crippen LogP contribution in [-0.4, -0.2) is 16.1 Å². The van der Waals surface area contributed by atoms with Crippen LogP contribution in [0.4, 0.5) is 5.82 Å². The Labute approximate surface area is 126 Å². The maximum Gasteiger partial charge on any atom is 0.233 e. The predicted octanol–water partition coefficient (Wildman–Crippen LogP) is 3.74. The molecular weight excluding hydrogens is 262 g/mol. The van der Waals surface area contributed by atoms with E-state index in [9.17, 15) is 4.79 Å². The fraction of sp³-hybridized carbons (Fsp3) is 0.412. The highest BCUT2D eigenvalue weighted by atomic mass is 16.2. The molecule has 0 saturated heterocycles. The monoisotopic (exact) mass is 285 g/mol. The molecule has 2 atom stereocenters. The van der Waals surface area contributed by atoms with Gasteiger partial charge in [-0.1, -0.05) is 57.5 Å². The molecular formula is C17H23N3O. The normalized spacial score (nSPS) is 13.7. The van der Waals surface area contributed by atoms with Crippen LogP contribution in [0.15, 0.2) is 36.4 Å². The van der Waals surface area contributed by atoms with E-state index in [1.165, 1.54) is 0 Å². The first kappa shape index (κ1) is 15.3. The fourth-order valence-electron chi connectivity index (χ4n) is 2.45. The van der Waals surface area contributed by atoms with Gasteiger partial charge in [-0.2, -0.15) is 5.10 Å². The third-order valence-electron chi connectivity index (χ3n) is 3.92. The van der Waals surface area contributed by atoms with E-state index >= 15 is 0 Å². The van der Waals surface area contributed by atoms with Gasteiger partial charge in [0.25, 0.3) is 0 Å². The van der Waals surface area contributed by atoms with Gasteiger partial charge in [0.1, 0.15) is 0 Å². The van der Waals surface area contributed by atoms with Crippen molar-refractivity contribution in [3.05, 3.63) is 47.7 Å². The third-order valence-corrected chi connectivity index (χ3v) is 3.92. The SMILES string of the molecule is CCc1cc(NC(=O)C(c2ccccc2)C(C)CC)n[nH]1. The second kappa shape index (κ2) is 7.07. The number of aromatic amines is 1. The van der Waals surface area contributed by atoms with Crippen molar-refractivity contribution in [3.63, 3.8) is 0 Å². The van der Waals surface area contributed by atoms with Gasteiger partial charge in [0, 0.05) is 11.8 Å². The van der Waals surface area contributed by atoms with Gasteiger partial charge in [-0.15, -0.1) is 0 Å². The molecule has 1 amide bonds. The van der Waals surface area contributed by atoms with Crippen molar-refractivity contribution in [1.82, 2.24) is 10.2 Å². The molecule has 0 radical (unpaired) electrons. The molecule has 0 aliphatic carbocycles. The Hall–Kier alpha value is -2.10. The number of carbonyl (C=O) groups excluding carboxylic acids is 1. The molecule has 2 rings (SSSR count). The first-order valence-electron chi connectivity index (χ1n) is 7.55. The molecule has 112 valence electrons. The summed E-state index contributed by atoms with van der Waals surface area (Å²) in [6.45, 7) is 6.27. The van der Waals surface area contributed by atoms with E-state index < -0.39 is 0 Å². The number of aryl methyl sites for hydroxylation is 1. The van der Waals surface area contributed by atoms with E-state index in [2.05, 4.69) is 29.4 Å². The number of nitrogens with zero attached hydrogens (tertiary/aromatic N) is 1. The first-order chi connectivity index (χ1) is 10.2. The molecule has 0 fully saturated rings. The highest BCUT2D eigenvalue weighted by Crippen LogP contribution is 2.28. The van der Waals surface area contributed by atoms with Crippen LogP contribution in [0.25, 0.3) is 0 Å². The lowest BCUT2D eigenvalue weighted by Gasteiger charge is -2.22. The van der Waals surface area contributed by atoms with Gasteiger partial charge in [-0.25, -0.2) is 0 Å². The topological polar surface area (TPSA) is 57.8 Å². The Balaban J connectivity index is 2.18. The standard InChI is InChI=1S/C17H23N3O/c1-4-12(3)16(13-9-7-6-8-10-13)17(21)18-15-11-14(5-2)19-20-15/h6-12,16H,4-5H2,1-3H3,(H2,18,19,20,21). The third kappa shape index (κ3) is 3.72. The van der Waals surface area contributed by atoms with E-state index in [0.717, 1.165) is 24.1 Å². The first-order valence-corrected chi connectivity index (χ1v) is 7.55. The summed E-state index contributed by atoms with van der Waals surface area (Å²) in [5.74, 6) is 0.723. The Bertz CT molecular complexity index is 577. The Morgan fingerprint density at radius 1 is 1.29 bits per heavy atom. The van der Waals surface area contributed by atoms with Crippen LogP contribution >= 0.6 is 0 Å². The van der Waals surface area contributed by atoms with Crippen LogP contribution in [0.3, 0.4) is 0 Å². The van der Waals surface area contributed by atoms with Crippen LogP contribution in [-0.2, 0) is 11.2 Å². The van der Waals surface area contributed by atoms with Gasteiger partial charge in [-0.05, 0) is 17.9 Å². The van der Waals surface area contributed by atoms with E-state index in [0.29, 0.717) is 5.82 Å². The summed E-state index contributed by atoms with van der Waals surface area (Å²) >= 11 is 0. The van der Waals surface area contributed by atoms with Crippen molar-refractivity contribution in [2.24, 2.45) is 5.92 Å². The average molecular weight is 285 g/mol. The number of benzene rings is 1. The molecule has 1 heterocycles. The summed E-state index contributed by atoms with van der Waals surface area (Å²) in [4.78, 5) is 12.6. The summed E-state index contributed by atoms with van der Waals surface area (Å²) in [7, 11) is 0. The zero-order chi connectivity index (χ0) is 15.2. The summed E-state index contributed by atoms with van der Waals surface area (Å²) in [6, 6.07) is 11.8. The van der Waals surface area contributed by atoms with Gasteiger partial charge in [0.05, 0.1) is 5.92 Å². The molecule has 21 heavy (non-hydrogen) atoms. The molecule has 0 aliphatic heterocycles. The summed E-state index contributed by atoms with van der Waals surface area (Å²) in [5.41, 5.74) is 2.07. The lowest BCUT2D eigenvalue weighted by Crippen LogP contribution is -2.26. The molecule has 1 aromatic carbocycles. The number of anilines is 1. The minimum absolute atomic E-state index is 0.00435. The number of carbonyl (C=O) groups is 1. The molecule has 0 bridgehead atoms. The summed E-state index contributed by atoms with van der Waals surface area (Å²) in [6.07, 6.45) is 1.82. The molecule has 0 aliphatic rings. The second-order valence-electron chi connectivity index (χ2n) is 5.40. The molecule has 2 aromatic rings. The number of amides is 1. The lowest BCUT2D eigenvalue weighted by atomic mass is 9.85. The van der Waals surface area contributed by atoms with Gasteiger partial charge >= 0.3 is 0 Å². The highest BCUT2D eigenvalue weighted by Gasteiger charge is 2.26. The average Bonchev–Trinajstić information content (AvgIpc) is 2.96. The number of aromatic nitrogens is 2. The minimum Gasteiger partial charge on any atom is -0.309 e. The van der Waals surface area contributed by atoms with Crippen molar-refractivity contribution < 1.29 is 4.79 Å². The number of hydrogen-bond donors (Lipinski definition) is 2. The van der Waals surface area contributed by atoms with Crippen molar-refractivity contribution in [1.29, 1.82) is 0 Å². The van der Waals surface area contributed by atoms with Crippen molar-refractivity contribution >= 4 is 11.7 Å². The van der Waals surface area contributed by atoms with E-state index in [-0.39, 0.29) is 17.7 Å². The van der Waals surface area contributed by atoms with Gasteiger partial charge < -0.3 is 5.32 Å². The maximum absolute atomic E-state index is 12.6. The zero-order valence-electron chi connectivity index (χ0n) is 12.9. The summed E-state index contributed by atoms with van der Waals surface area (Å²) < 4.78 is 0. The van der Waals surface area contributed by atoms with E-state index in [1.807, 2.05) is 43.3 Å². The van der Waals surface area contributed by atoms with Gasteiger partial charge in [0.2, 0.25) is 5.91 Å².